The fourth-order valence-corrected chi connectivity index (χ4v) is 5.02. The second-order valence-corrected chi connectivity index (χ2v) is 9.77. The molecule has 2 heterocycles. The van der Waals surface area contributed by atoms with E-state index in [1.807, 2.05) is 18.2 Å². The van der Waals surface area contributed by atoms with E-state index in [2.05, 4.69) is 10.1 Å². The van der Waals surface area contributed by atoms with Crippen molar-refractivity contribution in [3.8, 4) is 0 Å². The van der Waals surface area contributed by atoms with Gasteiger partial charge in [-0.15, -0.1) is 0 Å². The molecule has 1 saturated heterocycles. The Labute approximate surface area is 217 Å². The number of rotatable bonds is 8. The van der Waals surface area contributed by atoms with Gasteiger partial charge in [-0.1, -0.05) is 31.2 Å². The Morgan fingerprint density at radius 2 is 1.84 bits per heavy atom. The number of ether oxygens (including phenoxy) is 2. The van der Waals surface area contributed by atoms with Crippen molar-refractivity contribution >= 4 is 16.7 Å². The molecule has 1 aromatic heterocycles. The summed E-state index contributed by atoms with van der Waals surface area (Å²) in [6, 6.07) is 13.7. The summed E-state index contributed by atoms with van der Waals surface area (Å²) >= 11 is 0. The number of carbonyl (C=O) groups is 1. The van der Waals surface area contributed by atoms with Crippen LogP contribution in [0.25, 0.3) is 10.8 Å². The van der Waals surface area contributed by atoms with E-state index in [4.69, 9.17) is 9.47 Å². The van der Waals surface area contributed by atoms with Crippen LogP contribution in [0.2, 0.25) is 0 Å². The predicted molar refractivity (Wildman–Crippen MR) is 133 cm³/mol. The van der Waals surface area contributed by atoms with Crippen LogP contribution >= 0.6 is 0 Å². The van der Waals surface area contributed by atoms with Crippen molar-refractivity contribution in [3.05, 3.63) is 95.6 Å². The molecule has 8 nitrogen and oxygen atoms in total. The summed E-state index contributed by atoms with van der Waals surface area (Å²) in [7, 11) is 0. The number of benzene rings is 3. The Bertz CT molecular complexity index is 1440. The third-order valence-electron chi connectivity index (χ3n) is 7.12. The average molecular weight is 524 g/mol. The van der Waals surface area contributed by atoms with Gasteiger partial charge >= 0.3 is 5.97 Å². The minimum Gasteiger partial charge on any atom is -0.478 e. The second kappa shape index (κ2) is 10.6. The molecule has 1 fully saturated rings. The molecule has 0 amide bonds. The first-order valence-electron chi connectivity index (χ1n) is 12.2. The van der Waals surface area contributed by atoms with Crippen molar-refractivity contribution < 1.29 is 33.3 Å². The standard InChI is InChI=1S/C28H27F2N3O5/c1-17(28(36,14-33-16-31-15-32-33)24-7-6-23(29)11-25(24)30)8-18-12-37-27(38-13-18)22-5-3-19-9-21(26(34)35)4-2-20(19)10-22/h2-7,9-11,15-18,27,36H,8,12-14H2,1H3,(H,34,35)/t17-,18?,27?,28+/m0/s1. The van der Waals surface area contributed by atoms with Gasteiger partial charge in [0.15, 0.2) is 6.29 Å². The molecule has 1 aliphatic rings. The highest BCUT2D eigenvalue weighted by Gasteiger charge is 2.40. The summed E-state index contributed by atoms with van der Waals surface area (Å²) in [6.07, 6.45) is 2.62. The maximum absolute atomic E-state index is 14.8. The smallest absolute Gasteiger partial charge is 0.335 e. The van der Waals surface area contributed by atoms with Gasteiger partial charge in [0.25, 0.3) is 0 Å². The topological polar surface area (TPSA) is 107 Å². The van der Waals surface area contributed by atoms with Gasteiger partial charge < -0.3 is 19.7 Å². The Balaban J connectivity index is 1.28. The molecule has 3 aromatic carbocycles. The van der Waals surface area contributed by atoms with Crippen LogP contribution in [0.1, 0.15) is 41.1 Å². The molecule has 2 atom stereocenters. The van der Waals surface area contributed by atoms with E-state index in [-0.39, 0.29) is 23.6 Å². The Kier molecular flexibility index (Phi) is 7.20. The molecule has 2 N–H and O–H groups in total. The second-order valence-electron chi connectivity index (χ2n) is 9.77. The molecule has 0 radical (unpaired) electrons. The summed E-state index contributed by atoms with van der Waals surface area (Å²) in [5, 5.41) is 26.7. The largest absolute Gasteiger partial charge is 0.478 e. The summed E-state index contributed by atoms with van der Waals surface area (Å²) < 4.78 is 41.8. The van der Waals surface area contributed by atoms with E-state index >= 15 is 0 Å². The number of halogens is 2. The van der Waals surface area contributed by atoms with Gasteiger partial charge in [0.2, 0.25) is 0 Å². The summed E-state index contributed by atoms with van der Waals surface area (Å²) in [4.78, 5) is 15.1. The van der Waals surface area contributed by atoms with Crippen LogP contribution in [0.15, 0.2) is 67.3 Å². The molecular weight excluding hydrogens is 496 g/mol. The van der Waals surface area contributed by atoms with E-state index in [1.54, 1.807) is 25.1 Å². The van der Waals surface area contributed by atoms with Gasteiger partial charge in [0.1, 0.15) is 29.9 Å². The molecule has 0 unspecified atom stereocenters. The number of carboxylic acid groups (broad SMARTS) is 1. The molecule has 1 aliphatic heterocycles. The number of hydrogen-bond donors (Lipinski definition) is 2. The molecule has 4 aromatic rings. The highest BCUT2D eigenvalue weighted by molar-refractivity contribution is 5.94. The van der Waals surface area contributed by atoms with E-state index < -0.39 is 35.4 Å². The van der Waals surface area contributed by atoms with Crippen LogP contribution in [0.4, 0.5) is 8.78 Å². The zero-order valence-corrected chi connectivity index (χ0v) is 20.6. The van der Waals surface area contributed by atoms with Gasteiger partial charge in [0, 0.05) is 23.1 Å². The first-order chi connectivity index (χ1) is 18.2. The lowest BCUT2D eigenvalue weighted by molar-refractivity contribution is -0.210. The number of hydrogen-bond acceptors (Lipinski definition) is 6. The van der Waals surface area contributed by atoms with Crippen molar-refractivity contribution in [2.75, 3.05) is 13.2 Å². The normalized spacial score (nSPS) is 20.2. The third-order valence-corrected chi connectivity index (χ3v) is 7.12. The van der Waals surface area contributed by atoms with Gasteiger partial charge in [-0.3, -0.25) is 0 Å². The Morgan fingerprint density at radius 1 is 1.11 bits per heavy atom. The highest BCUT2D eigenvalue weighted by atomic mass is 19.1. The van der Waals surface area contributed by atoms with Crippen LogP contribution in [-0.2, 0) is 21.6 Å². The number of aliphatic hydroxyl groups is 1. The van der Waals surface area contributed by atoms with Gasteiger partial charge in [0.05, 0.1) is 25.3 Å². The highest BCUT2D eigenvalue weighted by Crippen LogP contribution is 2.38. The van der Waals surface area contributed by atoms with E-state index in [0.717, 1.165) is 28.5 Å². The minimum atomic E-state index is -1.69. The maximum Gasteiger partial charge on any atom is 0.335 e. The molecule has 10 heteroatoms. The SMILES string of the molecule is C[C@@H](CC1COC(c2ccc3cc(C(=O)O)ccc3c2)OC1)[C@](O)(Cn1cncn1)c1ccc(F)cc1F. The van der Waals surface area contributed by atoms with Crippen LogP contribution in [-0.4, -0.2) is 44.2 Å². The molecule has 0 spiro atoms. The summed E-state index contributed by atoms with van der Waals surface area (Å²) in [6.45, 7) is 2.46. The third kappa shape index (κ3) is 5.28. The Morgan fingerprint density at radius 3 is 2.53 bits per heavy atom. The summed E-state index contributed by atoms with van der Waals surface area (Å²) in [5.74, 6) is -3.08. The van der Waals surface area contributed by atoms with Gasteiger partial charge in [-0.2, -0.15) is 5.10 Å². The van der Waals surface area contributed by atoms with Crippen LogP contribution in [0, 0.1) is 23.5 Å². The Hall–Kier alpha value is -3.73. The van der Waals surface area contributed by atoms with Crippen molar-refractivity contribution in [2.45, 2.75) is 31.8 Å². The van der Waals surface area contributed by atoms with Crippen LogP contribution in [0.5, 0.6) is 0 Å². The molecule has 5 rings (SSSR count). The molecule has 0 saturated carbocycles. The quantitative estimate of drug-likeness (QED) is 0.345. The van der Waals surface area contributed by atoms with Crippen molar-refractivity contribution in [3.63, 3.8) is 0 Å². The lowest BCUT2D eigenvalue weighted by Gasteiger charge is -2.38. The number of carboxylic acids is 1. The van der Waals surface area contributed by atoms with Crippen molar-refractivity contribution in [2.24, 2.45) is 11.8 Å². The van der Waals surface area contributed by atoms with E-state index in [9.17, 15) is 23.8 Å². The van der Waals surface area contributed by atoms with Gasteiger partial charge in [-0.25, -0.2) is 23.2 Å². The number of nitrogens with zero attached hydrogens (tertiary/aromatic N) is 3. The van der Waals surface area contributed by atoms with Gasteiger partial charge in [-0.05, 0) is 47.4 Å². The minimum absolute atomic E-state index is 0.0142. The average Bonchev–Trinajstić information content (AvgIpc) is 3.41. The summed E-state index contributed by atoms with van der Waals surface area (Å²) in [5.41, 5.74) is -0.672. The van der Waals surface area contributed by atoms with Crippen LogP contribution < -0.4 is 0 Å². The lowest BCUT2D eigenvalue weighted by Crippen LogP contribution is -2.41. The fraction of sp³-hybridized carbons (Fsp3) is 0.321. The zero-order chi connectivity index (χ0) is 26.9. The van der Waals surface area contributed by atoms with E-state index in [0.29, 0.717) is 19.6 Å². The first-order valence-corrected chi connectivity index (χ1v) is 12.2. The lowest BCUT2D eigenvalue weighted by atomic mass is 9.77. The number of aromatic nitrogens is 3. The predicted octanol–water partition coefficient (Wildman–Crippen LogP) is 4.68. The molecule has 0 aliphatic carbocycles. The van der Waals surface area contributed by atoms with Crippen LogP contribution in [0.3, 0.4) is 0 Å². The van der Waals surface area contributed by atoms with Crippen molar-refractivity contribution in [1.29, 1.82) is 0 Å². The molecule has 0 bridgehead atoms. The van der Waals surface area contributed by atoms with E-state index in [1.165, 1.54) is 23.4 Å². The fourth-order valence-electron chi connectivity index (χ4n) is 5.02. The maximum atomic E-state index is 14.8. The molecular formula is C28H27F2N3O5. The molecule has 38 heavy (non-hydrogen) atoms. The number of fused-ring (bicyclic) bond motifs is 1. The first kappa shape index (κ1) is 25.9. The van der Waals surface area contributed by atoms with Crippen molar-refractivity contribution in [1.82, 2.24) is 14.8 Å². The number of aromatic carboxylic acids is 1. The molecule has 198 valence electrons. The zero-order valence-electron chi connectivity index (χ0n) is 20.6. The monoisotopic (exact) mass is 523 g/mol.